The first-order valence-electron chi connectivity index (χ1n) is 4.52. The first-order valence-corrected chi connectivity index (χ1v) is 4.52. The van der Waals surface area contributed by atoms with Crippen molar-refractivity contribution in [2.45, 2.75) is 6.54 Å². The molecule has 0 aliphatic carbocycles. The van der Waals surface area contributed by atoms with Crippen LogP contribution in [0.5, 0.6) is 0 Å². The predicted octanol–water partition coefficient (Wildman–Crippen LogP) is 0.539. The summed E-state index contributed by atoms with van der Waals surface area (Å²) < 4.78 is 14.6. The van der Waals surface area contributed by atoms with E-state index in [9.17, 15) is 4.39 Å². The molecule has 0 unspecified atom stereocenters. The Morgan fingerprint density at radius 1 is 1.47 bits per heavy atom. The Hall–Kier alpha value is -1.78. The van der Waals surface area contributed by atoms with E-state index in [-0.39, 0.29) is 5.82 Å². The molecule has 0 bridgehead atoms. The van der Waals surface area contributed by atoms with E-state index < -0.39 is 0 Å². The number of hydrogen-bond donors (Lipinski definition) is 0. The van der Waals surface area contributed by atoms with Gasteiger partial charge in [0.2, 0.25) is 0 Å². The standard InChI is InChI=1S/C10H9BFN3/c11-10(5-15-7-13-6-14-15)8-2-1-3-9(12)4-8/h1-4,6-7,11H,5H2. The van der Waals surface area contributed by atoms with Gasteiger partial charge in [-0.2, -0.15) is 0 Å². The average Bonchev–Trinajstić information content (AvgIpc) is 2.70. The third-order valence-electron chi connectivity index (χ3n) is 2.05. The molecule has 1 heterocycles. The molecule has 5 heteroatoms. The molecule has 1 aromatic heterocycles. The van der Waals surface area contributed by atoms with Gasteiger partial charge in [0.1, 0.15) is 0 Å². The van der Waals surface area contributed by atoms with E-state index in [0.29, 0.717) is 6.54 Å². The molecule has 1 aromatic carbocycles. The van der Waals surface area contributed by atoms with E-state index in [1.807, 2.05) is 6.07 Å². The second kappa shape index (κ2) is 4.17. The Morgan fingerprint density at radius 3 is 3.00 bits per heavy atom. The molecule has 0 N–H and O–H groups in total. The molecule has 2 rings (SSSR count). The van der Waals surface area contributed by atoms with Crippen LogP contribution in [0, 0.1) is 5.82 Å². The fourth-order valence-electron chi connectivity index (χ4n) is 1.31. The van der Waals surface area contributed by atoms with Gasteiger partial charge in [0, 0.05) is 0 Å². The minimum absolute atomic E-state index is 0.257. The van der Waals surface area contributed by atoms with Crippen LogP contribution in [0.3, 0.4) is 0 Å². The zero-order valence-corrected chi connectivity index (χ0v) is 8.10. The zero-order valence-electron chi connectivity index (χ0n) is 8.10. The third kappa shape index (κ3) is 2.37. The van der Waals surface area contributed by atoms with Crippen LogP contribution >= 0.6 is 0 Å². The summed E-state index contributed by atoms with van der Waals surface area (Å²) in [4.78, 5) is 3.82. The van der Waals surface area contributed by atoms with E-state index in [1.165, 1.54) is 18.5 Å². The van der Waals surface area contributed by atoms with Crippen molar-refractivity contribution < 1.29 is 4.39 Å². The SMILES string of the molecule is B=C(Cn1cncn1)c1cccc(F)c1. The maximum atomic E-state index is 12.9. The summed E-state index contributed by atoms with van der Waals surface area (Å²) in [6.45, 7) is 0.517. The predicted molar refractivity (Wildman–Crippen MR) is 57.7 cm³/mol. The number of halogens is 1. The second-order valence-corrected chi connectivity index (χ2v) is 3.21. The van der Waals surface area contributed by atoms with Gasteiger partial charge in [-0.05, 0) is 0 Å². The van der Waals surface area contributed by atoms with Gasteiger partial charge in [-0.3, -0.25) is 0 Å². The molecule has 0 atom stereocenters. The van der Waals surface area contributed by atoms with E-state index in [1.54, 1.807) is 17.1 Å². The molecule has 0 amide bonds. The maximum absolute atomic E-state index is 12.9. The van der Waals surface area contributed by atoms with Crippen molar-refractivity contribution in [3.05, 3.63) is 48.3 Å². The molecule has 0 aliphatic rings. The van der Waals surface area contributed by atoms with Gasteiger partial charge in [-0.1, -0.05) is 0 Å². The number of nitrogens with zero attached hydrogens (tertiary/aromatic N) is 3. The van der Waals surface area contributed by atoms with Crippen molar-refractivity contribution in [2.75, 3.05) is 0 Å². The second-order valence-electron chi connectivity index (χ2n) is 3.21. The van der Waals surface area contributed by atoms with Crippen molar-refractivity contribution in [3.63, 3.8) is 0 Å². The Kier molecular flexibility index (Phi) is 2.71. The number of aromatic nitrogens is 3. The first-order chi connectivity index (χ1) is 7.25. The fourth-order valence-corrected chi connectivity index (χ4v) is 1.31. The number of benzene rings is 1. The van der Waals surface area contributed by atoms with Gasteiger partial charge in [-0.15, -0.1) is 0 Å². The monoisotopic (exact) mass is 201 g/mol. The minimum atomic E-state index is -0.257. The summed E-state index contributed by atoms with van der Waals surface area (Å²) in [7, 11) is 3.89. The van der Waals surface area contributed by atoms with Gasteiger partial charge in [-0.25, -0.2) is 0 Å². The topological polar surface area (TPSA) is 30.7 Å². The number of hydrogen-bond acceptors (Lipinski definition) is 2. The summed E-state index contributed by atoms with van der Waals surface area (Å²) in [6.07, 6.45) is 3.06. The Morgan fingerprint density at radius 2 is 2.33 bits per heavy atom. The molecular weight excluding hydrogens is 192 g/mol. The van der Waals surface area contributed by atoms with Crippen LogP contribution in [-0.4, -0.2) is 27.7 Å². The molecule has 2 aromatic rings. The normalized spacial score (nSPS) is 10.1. The van der Waals surface area contributed by atoms with Crippen LogP contribution in [0.2, 0.25) is 0 Å². The quantitative estimate of drug-likeness (QED) is 0.678. The Labute approximate surface area is 87.7 Å². The summed E-state index contributed by atoms with van der Waals surface area (Å²) in [5, 5.41) is 3.96. The molecule has 0 saturated heterocycles. The van der Waals surface area contributed by atoms with E-state index in [2.05, 4.69) is 17.6 Å². The Bertz CT molecular complexity index is 467. The molecule has 15 heavy (non-hydrogen) atoms. The van der Waals surface area contributed by atoms with E-state index >= 15 is 0 Å². The molecular formula is C10H9BFN3. The van der Waals surface area contributed by atoms with Crippen LogP contribution in [0.1, 0.15) is 5.56 Å². The molecule has 0 fully saturated rings. The molecule has 0 aliphatic heterocycles. The van der Waals surface area contributed by atoms with Crippen molar-refractivity contribution in [1.82, 2.24) is 14.8 Å². The first kappa shape index (κ1) is 9.77. The van der Waals surface area contributed by atoms with E-state index in [0.717, 1.165) is 11.0 Å². The molecule has 3 nitrogen and oxygen atoms in total. The van der Waals surface area contributed by atoms with Gasteiger partial charge in [0.15, 0.2) is 0 Å². The van der Waals surface area contributed by atoms with Crippen molar-refractivity contribution in [1.29, 1.82) is 0 Å². The van der Waals surface area contributed by atoms with Gasteiger partial charge >= 0.3 is 87.0 Å². The van der Waals surface area contributed by atoms with Crippen molar-refractivity contribution in [2.24, 2.45) is 0 Å². The van der Waals surface area contributed by atoms with Gasteiger partial charge < -0.3 is 0 Å². The van der Waals surface area contributed by atoms with Gasteiger partial charge in [0.25, 0.3) is 0 Å². The molecule has 0 radical (unpaired) electrons. The summed E-state index contributed by atoms with van der Waals surface area (Å²) in [6, 6.07) is 6.35. The average molecular weight is 201 g/mol. The Balaban J connectivity index is 2.15. The fraction of sp³-hybridized carbons (Fsp3) is 0.100. The molecule has 0 saturated carbocycles. The molecule has 0 spiro atoms. The van der Waals surface area contributed by atoms with Crippen molar-refractivity contribution >= 4 is 13.0 Å². The summed E-state index contributed by atoms with van der Waals surface area (Å²) >= 11 is 0. The third-order valence-corrected chi connectivity index (χ3v) is 2.05. The van der Waals surface area contributed by atoms with Crippen molar-refractivity contribution in [3.8, 4) is 0 Å². The summed E-state index contributed by atoms with van der Waals surface area (Å²) in [5.74, 6) is -0.257. The summed E-state index contributed by atoms with van der Waals surface area (Å²) in [5.41, 5.74) is 1.59. The van der Waals surface area contributed by atoms with Crippen LogP contribution < -0.4 is 0 Å². The van der Waals surface area contributed by atoms with Crippen LogP contribution in [0.15, 0.2) is 36.9 Å². The van der Waals surface area contributed by atoms with E-state index in [4.69, 9.17) is 0 Å². The van der Waals surface area contributed by atoms with Gasteiger partial charge in [0.05, 0.1) is 0 Å². The van der Waals surface area contributed by atoms with Crippen LogP contribution in [-0.2, 0) is 6.54 Å². The molecule has 74 valence electrons. The van der Waals surface area contributed by atoms with Crippen LogP contribution in [0.25, 0.3) is 0 Å². The van der Waals surface area contributed by atoms with Crippen LogP contribution in [0.4, 0.5) is 4.39 Å². The zero-order chi connectivity index (χ0) is 10.7. The number of rotatable bonds is 3.